The highest BCUT2D eigenvalue weighted by Gasteiger charge is 2.28. The number of allylic oxidation sites excluding steroid dienone is 3. The molecule has 1 unspecified atom stereocenters. The Hall–Kier alpha value is -6.96. The van der Waals surface area contributed by atoms with Crippen LogP contribution in [0.1, 0.15) is 18.9 Å². The van der Waals surface area contributed by atoms with E-state index < -0.39 is 0 Å². The minimum atomic E-state index is -0.131. The molecule has 1 heteroatoms. The van der Waals surface area contributed by atoms with Gasteiger partial charge in [-0.3, -0.25) is 0 Å². The van der Waals surface area contributed by atoms with Crippen LogP contribution in [-0.4, -0.2) is 0 Å². The first-order chi connectivity index (χ1) is 27.6. The van der Waals surface area contributed by atoms with Crippen LogP contribution in [0.25, 0.3) is 65.7 Å². The Morgan fingerprint density at radius 3 is 1.61 bits per heavy atom. The van der Waals surface area contributed by atoms with Gasteiger partial charge in [-0.25, -0.2) is 0 Å². The Balaban J connectivity index is 1.10. The maximum atomic E-state index is 2.49. The van der Waals surface area contributed by atoms with E-state index in [0.29, 0.717) is 0 Å². The third-order valence-corrected chi connectivity index (χ3v) is 11.7. The lowest BCUT2D eigenvalue weighted by Gasteiger charge is -2.34. The summed E-state index contributed by atoms with van der Waals surface area (Å²) in [6, 6.07) is 73.0. The molecule has 0 N–H and O–H groups in total. The lowest BCUT2D eigenvalue weighted by Crippen LogP contribution is -2.24. The van der Waals surface area contributed by atoms with Gasteiger partial charge in [0.15, 0.2) is 0 Å². The van der Waals surface area contributed by atoms with Gasteiger partial charge in [-0.2, -0.15) is 0 Å². The van der Waals surface area contributed by atoms with Crippen LogP contribution in [0.4, 0.5) is 11.4 Å². The largest absolute Gasteiger partial charge is 0.310 e. The van der Waals surface area contributed by atoms with E-state index in [1.54, 1.807) is 0 Å². The molecule has 0 saturated carbocycles. The highest BCUT2D eigenvalue weighted by atomic mass is 15.1. The van der Waals surface area contributed by atoms with Crippen molar-refractivity contribution in [1.29, 1.82) is 0 Å². The van der Waals surface area contributed by atoms with Gasteiger partial charge in [-0.15, -0.1) is 0 Å². The molecule has 9 aromatic rings. The smallest absolute Gasteiger partial charge is 0.0546 e. The van der Waals surface area contributed by atoms with E-state index in [4.69, 9.17) is 0 Å². The van der Waals surface area contributed by atoms with Crippen LogP contribution < -0.4 is 4.90 Å². The molecule has 0 saturated heterocycles. The van der Waals surface area contributed by atoms with Gasteiger partial charge in [-0.05, 0) is 96.6 Å². The molecule has 1 aliphatic carbocycles. The van der Waals surface area contributed by atoms with Crippen LogP contribution in [0.3, 0.4) is 0 Å². The number of anilines is 2. The van der Waals surface area contributed by atoms with Crippen molar-refractivity contribution in [3.05, 3.63) is 230 Å². The fourth-order valence-corrected chi connectivity index (χ4v) is 8.54. The van der Waals surface area contributed by atoms with Crippen molar-refractivity contribution in [3.8, 4) is 33.4 Å². The number of hydrogen-bond donors (Lipinski definition) is 0. The topological polar surface area (TPSA) is 3.24 Å². The third kappa shape index (κ3) is 6.08. The fourth-order valence-electron chi connectivity index (χ4n) is 8.54. The standard InChI is InChI=1S/C55H41N/c1-55(46-30-27-42(28-31-46)40-15-6-3-7-16-40)35-33-47(34-36-55)56(48-19-12-18-45(37-48)43-25-23-41(24-26-43)39-13-4-2-5-14-39)54-38-53-49-20-9-8-17-44(49)29-32-51(53)50-21-10-11-22-52(50)54/h2-35,37-38H,36H2,1H3. The van der Waals surface area contributed by atoms with Crippen molar-refractivity contribution in [3.63, 3.8) is 0 Å². The van der Waals surface area contributed by atoms with Crippen molar-refractivity contribution < 1.29 is 0 Å². The third-order valence-electron chi connectivity index (χ3n) is 11.7. The molecule has 0 spiro atoms. The van der Waals surface area contributed by atoms with Gasteiger partial charge in [0, 0.05) is 22.2 Å². The first-order valence-corrected chi connectivity index (χ1v) is 19.6. The summed E-state index contributed by atoms with van der Waals surface area (Å²) in [5.41, 5.74) is 12.0. The SMILES string of the molecule is CC1(c2ccc(-c3ccccc3)cc2)C=CC(N(c2cccc(-c3ccc(-c4ccccc4)cc3)c2)c2cc3c4ccccc4ccc3c3ccccc23)=CC1. The average Bonchev–Trinajstić information content (AvgIpc) is 3.28. The molecule has 56 heavy (non-hydrogen) atoms. The van der Waals surface area contributed by atoms with Gasteiger partial charge in [0.1, 0.15) is 0 Å². The molecule has 0 aromatic heterocycles. The maximum Gasteiger partial charge on any atom is 0.0546 e. The van der Waals surface area contributed by atoms with E-state index in [1.807, 2.05) is 0 Å². The number of fused-ring (bicyclic) bond motifs is 5. The molecule has 0 heterocycles. The zero-order chi connectivity index (χ0) is 37.5. The van der Waals surface area contributed by atoms with E-state index in [0.717, 1.165) is 12.1 Å². The Bertz CT molecular complexity index is 2920. The van der Waals surface area contributed by atoms with Gasteiger partial charge >= 0.3 is 0 Å². The van der Waals surface area contributed by atoms with Crippen molar-refractivity contribution >= 4 is 43.7 Å². The summed E-state index contributed by atoms with van der Waals surface area (Å²) in [7, 11) is 0. The van der Waals surface area contributed by atoms with Crippen LogP contribution in [0.15, 0.2) is 224 Å². The molecule has 1 nitrogen and oxygen atoms in total. The number of hydrogen-bond acceptors (Lipinski definition) is 1. The van der Waals surface area contributed by atoms with Crippen molar-refractivity contribution in [1.82, 2.24) is 0 Å². The Labute approximate surface area is 329 Å². The summed E-state index contributed by atoms with van der Waals surface area (Å²) >= 11 is 0. The maximum absolute atomic E-state index is 2.49. The molecule has 0 bridgehead atoms. The molecule has 0 amide bonds. The minimum absolute atomic E-state index is 0.131. The lowest BCUT2D eigenvalue weighted by atomic mass is 9.76. The van der Waals surface area contributed by atoms with Gasteiger partial charge in [-0.1, -0.05) is 201 Å². The second kappa shape index (κ2) is 14.0. The second-order valence-corrected chi connectivity index (χ2v) is 15.2. The van der Waals surface area contributed by atoms with Crippen molar-refractivity contribution in [2.75, 3.05) is 4.90 Å². The molecule has 1 aliphatic rings. The monoisotopic (exact) mass is 715 g/mol. The predicted octanol–water partition coefficient (Wildman–Crippen LogP) is 15.1. The molecule has 1 atom stereocenters. The first kappa shape index (κ1) is 33.6. The molecule has 0 fully saturated rings. The van der Waals surface area contributed by atoms with E-state index >= 15 is 0 Å². The van der Waals surface area contributed by atoms with Gasteiger partial charge in [0.2, 0.25) is 0 Å². The van der Waals surface area contributed by atoms with E-state index in [1.165, 1.54) is 82.6 Å². The van der Waals surface area contributed by atoms with Crippen LogP contribution in [0, 0.1) is 0 Å². The summed E-state index contributed by atoms with van der Waals surface area (Å²) in [6.45, 7) is 2.36. The summed E-state index contributed by atoms with van der Waals surface area (Å²) in [5.74, 6) is 0. The average molecular weight is 716 g/mol. The number of nitrogens with zero attached hydrogens (tertiary/aromatic N) is 1. The Kier molecular flexibility index (Phi) is 8.42. The molecular weight excluding hydrogens is 675 g/mol. The summed E-state index contributed by atoms with van der Waals surface area (Å²) in [4.78, 5) is 2.49. The normalized spacial score (nSPS) is 15.3. The molecule has 9 aromatic carbocycles. The summed E-state index contributed by atoms with van der Waals surface area (Å²) in [6.07, 6.45) is 8.08. The molecule has 266 valence electrons. The molecule has 10 rings (SSSR count). The van der Waals surface area contributed by atoms with Crippen LogP contribution >= 0.6 is 0 Å². The van der Waals surface area contributed by atoms with E-state index in [-0.39, 0.29) is 5.41 Å². The molecule has 0 radical (unpaired) electrons. The van der Waals surface area contributed by atoms with Gasteiger partial charge in [0.05, 0.1) is 5.69 Å². The fraction of sp³-hybridized carbons (Fsp3) is 0.0545. The van der Waals surface area contributed by atoms with E-state index in [9.17, 15) is 0 Å². The van der Waals surface area contributed by atoms with Gasteiger partial charge < -0.3 is 4.90 Å². The quantitative estimate of drug-likeness (QED) is 0.149. The van der Waals surface area contributed by atoms with E-state index in [2.05, 4.69) is 230 Å². The Morgan fingerprint density at radius 1 is 0.411 bits per heavy atom. The summed E-state index contributed by atoms with van der Waals surface area (Å²) < 4.78 is 0. The van der Waals surface area contributed by atoms with Crippen LogP contribution in [0.5, 0.6) is 0 Å². The molecule has 0 aliphatic heterocycles. The van der Waals surface area contributed by atoms with Crippen molar-refractivity contribution in [2.24, 2.45) is 0 Å². The zero-order valence-electron chi connectivity index (χ0n) is 31.4. The van der Waals surface area contributed by atoms with Crippen LogP contribution in [-0.2, 0) is 5.41 Å². The minimum Gasteiger partial charge on any atom is -0.310 e. The van der Waals surface area contributed by atoms with Gasteiger partial charge in [0.25, 0.3) is 0 Å². The molecular formula is C55H41N. The second-order valence-electron chi connectivity index (χ2n) is 15.2. The van der Waals surface area contributed by atoms with Crippen molar-refractivity contribution in [2.45, 2.75) is 18.8 Å². The predicted molar refractivity (Wildman–Crippen MR) is 239 cm³/mol. The van der Waals surface area contributed by atoms with Crippen LogP contribution in [0.2, 0.25) is 0 Å². The first-order valence-electron chi connectivity index (χ1n) is 19.6. The lowest BCUT2D eigenvalue weighted by molar-refractivity contribution is 0.595. The zero-order valence-corrected chi connectivity index (χ0v) is 31.4. The highest BCUT2D eigenvalue weighted by Crippen LogP contribution is 2.45. The summed E-state index contributed by atoms with van der Waals surface area (Å²) in [5, 5.41) is 7.54. The Morgan fingerprint density at radius 2 is 0.946 bits per heavy atom. The highest BCUT2D eigenvalue weighted by molar-refractivity contribution is 6.21. The number of benzene rings is 9. The number of rotatable bonds is 7.